The third-order valence-electron chi connectivity index (χ3n) is 2.91. The Labute approximate surface area is 132 Å². The van der Waals surface area contributed by atoms with Crippen LogP contribution in [0.15, 0.2) is 24.3 Å². The molecule has 1 amide bonds. The van der Waals surface area contributed by atoms with Crippen molar-refractivity contribution in [3.05, 3.63) is 29.3 Å². The monoisotopic (exact) mass is 325 g/mol. The topological polar surface area (TPSA) is 75.1 Å². The summed E-state index contributed by atoms with van der Waals surface area (Å²) in [5, 5.41) is 22.0. The molecule has 1 atom stereocenters. The van der Waals surface area contributed by atoms with E-state index in [0.717, 1.165) is 5.56 Å². The highest BCUT2D eigenvalue weighted by Gasteiger charge is 2.16. The fourth-order valence-electron chi connectivity index (χ4n) is 1.61. The number of benzene rings is 1. The maximum atomic E-state index is 11.8. The van der Waals surface area contributed by atoms with Crippen molar-refractivity contribution in [1.82, 2.24) is 10.2 Å². The lowest BCUT2D eigenvalue weighted by Crippen LogP contribution is -2.23. The van der Waals surface area contributed by atoms with Crippen molar-refractivity contribution in [1.29, 1.82) is 0 Å². The molecule has 1 heterocycles. The van der Waals surface area contributed by atoms with Crippen LogP contribution < -0.4 is 5.32 Å². The molecule has 0 spiro atoms. The lowest BCUT2D eigenvalue weighted by atomic mass is 10.0. The van der Waals surface area contributed by atoms with Gasteiger partial charge in [-0.05, 0) is 18.1 Å². The van der Waals surface area contributed by atoms with Gasteiger partial charge in [0.2, 0.25) is 11.0 Å². The van der Waals surface area contributed by atoms with E-state index in [4.69, 9.17) is 11.6 Å². The van der Waals surface area contributed by atoms with Crippen LogP contribution in [0, 0.1) is 5.92 Å². The van der Waals surface area contributed by atoms with E-state index in [1.165, 1.54) is 11.3 Å². The number of nitrogens with zero attached hydrogens (tertiary/aromatic N) is 2. The van der Waals surface area contributed by atoms with E-state index in [1.54, 1.807) is 12.1 Å². The molecule has 0 saturated heterocycles. The first-order valence-electron chi connectivity index (χ1n) is 6.53. The summed E-state index contributed by atoms with van der Waals surface area (Å²) in [6.45, 7) is 3.72. The van der Waals surface area contributed by atoms with E-state index in [1.807, 2.05) is 26.0 Å². The van der Waals surface area contributed by atoms with Crippen LogP contribution in [-0.2, 0) is 4.79 Å². The molecule has 1 aromatic carbocycles. The fraction of sp³-hybridized carbons (Fsp3) is 0.357. The first-order valence-corrected chi connectivity index (χ1v) is 7.72. The van der Waals surface area contributed by atoms with Crippen molar-refractivity contribution in [3.63, 3.8) is 0 Å². The maximum Gasteiger partial charge on any atom is 0.228 e. The number of anilines is 1. The smallest absolute Gasteiger partial charge is 0.228 e. The Bertz CT molecular complexity index is 630. The van der Waals surface area contributed by atoms with Crippen LogP contribution in [0.4, 0.5) is 5.13 Å². The first kappa shape index (κ1) is 15.9. The summed E-state index contributed by atoms with van der Waals surface area (Å²) in [5.41, 5.74) is 0.850. The van der Waals surface area contributed by atoms with Gasteiger partial charge >= 0.3 is 0 Å². The number of halogens is 1. The minimum atomic E-state index is -0.662. The molecule has 2 aromatic rings. The minimum absolute atomic E-state index is 0.0344. The van der Waals surface area contributed by atoms with Gasteiger partial charge in [0.1, 0.15) is 5.01 Å². The van der Waals surface area contributed by atoms with Gasteiger partial charge in [-0.25, -0.2) is 0 Å². The Kier molecular flexibility index (Phi) is 5.27. The summed E-state index contributed by atoms with van der Waals surface area (Å²) in [5.74, 6) is -0.239. The highest BCUT2D eigenvalue weighted by atomic mass is 35.5. The molecule has 1 unspecified atom stereocenters. The van der Waals surface area contributed by atoms with Gasteiger partial charge in [-0.2, -0.15) is 0 Å². The van der Waals surface area contributed by atoms with Crippen molar-refractivity contribution in [2.24, 2.45) is 5.92 Å². The number of aliphatic hydroxyl groups excluding tert-OH is 1. The van der Waals surface area contributed by atoms with Gasteiger partial charge < -0.3 is 10.4 Å². The van der Waals surface area contributed by atoms with Crippen molar-refractivity contribution in [3.8, 4) is 10.6 Å². The number of hydrogen-bond acceptors (Lipinski definition) is 5. The van der Waals surface area contributed by atoms with Crippen molar-refractivity contribution in [2.45, 2.75) is 26.4 Å². The van der Waals surface area contributed by atoms with Gasteiger partial charge in [0, 0.05) is 10.6 Å². The Hall–Kier alpha value is -1.50. The normalized spacial score (nSPS) is 12.4. The van der Waals surface area contributed by atoms with Crippen molar-refractivity contribution < 1.29 is 9.90 Å². The van der Waals surface area contributed by atoms with Gasteiger partial charge in [0.25, 0.3) is 0 Å². The largest absolute Gasteiger partial charge is 0.392 e. The summed E-state index contributed by atoms with van der Waals surface area (Å²) in [6.07, 6.45) is -0.616. The maximum absolute atomic E-state index is 11.8. The fourth-order valence-corrected chi connectivity index (χ4v) is 2.55. The molecule has 7 heteroatoms. The van der Waals surface area contributed by atoms with E-state index in [-0.39, 0.29) is 18.2 Å². The van der Waals surface area contributed by atoms with E-state index in [0.29, 0.717) is 15.2 Å². The predicted molar refractivity (Wildman–Crippen MR) is 84.4 cm³/mol. The zero-order chi connectivity index (χ0) is 15.4. The second kappa shape index (κ2) is 6.98. The van der Waals surface area contributed by atoms with Crippen LogP contribution in [0.1, 0.15) is 20.3 Å². The standard InChI is InChI=1S/C14H16ClN3O2S/c1-8(2)11(19)7-12(20)16-14-18-17-13(21-14)9-4-3-5-10(15)6-9/h3-6,8,11,19H,7H2,1-2H3,(H,16,18,20). The number of carbonyl (C=O) groups is 1. The van der Waals surface area contributed by atoms with E-state index >= 15 is 0 Å². The van der Waals surface area contributed by atoms with Crippen LogP contribution in [0.5, 0.6) is 0 Å². The molecular weight excluding hydrogens is 310 g/mol. The van der Waals surface area contributed by atoms with Crippen LogP contribution >= 0.6 is 22.9 Å². The molecule has 0 fully saturated rings. The highest BCUT2D eigenvalue weighted by molar-refractivity contribution is 7.18. The molecule has 0 aliphatic carbocycles. The zero-order valence-electron chi connectivity index (χ0n) is 11.7. The Morgan fingerprint density at radius 3 is 2.86 bits per heavy atom. The quantitative estimate of drug-likeness (QED) is 0.885. The second-order valence-electron chi connectivity index (χ2n) is 4.99. The third-order valence-corrected chi connectivity index (χ3v) is 4.03. The SMILES string of the molecule is CC(C)C(O)CC(=O)Nc1nnc(-c2cccc(Cl)c2)s1. The van der Waals surface area contributed by atoms with Crippen molar-refractivity contribution in [2.75, 3.05) is 5.32 Å². The summed E-state index contributed by atoms with van der Waals surface area (Å²) < 4.78 is 0. The predicted octanol–water partition coefficient (Wildman–Crippen LogP) is 3.20. The number of aromatic nitrogens is 2. The Morgan fingerprint density at radius 1 is 1.43 bits per heavy atom. The van der Waals surface area contributed by atoms with Gasteiger partial charge in [-0.3, -0.25) is 4.79 Å². The molecule has 0 aliphatic rings. The van der Waals surface area contributed by atoms with Crippen LogP contribution in [-0.4, -0.2) is 27.3 Å². The second-order valence-corrected chi connectivity index (χ2v) is 6.40. The molecule has 1 aromatic heterocycles. The lowest BCUT2D eigenvalue weighted by molar-refractivity contribution is -0.118. The zero-order valence-corrected chi connectivity index (χ0v) is 13.3. The van der Waals surface area contributed by atoms with Crippen LogP contribution in [0.2, 0.25) is 5.02 Å². The average molecular weight is 326 g/mol. The lowest BCUT2D eigenvalue weighted by Gasteiger charge is -2.12. The molecule has 112 valence electrons. The highest BCUT2D eigenvalue weighted by Crippen LogP contribution is 2.28. The molecule has 0 bridgehead atoms. The third kappa shape index (κ3) is 4.49. The van der Waals surface area contributed by atoms with Gasteiger partial charge in [0.05, 0.1) is 12.5 Å². The number of nitrogens with one attached hydrogen (secondary N) is 1. The molecule has 0 saturated carbocycles. The molecule has 5 nitrogen and oxygen atoms in total. The summed E-state index contributed by atoms with van der Waals surface area (Å²) in [4.78, 5) is 11.8. The Morgan fingerprint density at radius 2 is 2.19 bits per heavy atom. The van der Waals surface area contributed by atoms with E-state index < -0.39 is 6.10 Å². The summed E-state index contributed by atoms with van der Waals surface area (Å²) in [7, 11) is 0. The number of rotatable bonds is 5. The number of aliphatic hydroxyl groups is 1. The van der Waals surface area contributed by atoms with Gasteiger partial charge in [-0.1, -0.05) is 48.9 Å². The number of hydrogen-bond donors (Lipinski definition) is 2. The van der Waals surface area contributed by atoms with Crippen LogP contribution in [0.25, 0.3) is 10.6 Å². The molecule has 0 aliphatic heterocycles. The summed E-state index contributed by atoms with van der Waals surface area (Å²) >= 11 is 7.20. The van der Waals surface area contributed by atoms with Gasteiger partial charge in [-0.15, -0.1) is 10.2 Å². The minimum Gasteiger partial charge on any atom is -0.392 e. The molecular formula is C14H16ClN3O2S. The average Bonchev–Trinajstić information content (AvgIpc) is 2.86. The summed E-state index contributed by atoms with van der Waals surface area (Å²) in [6, 6.07) is 7.27. The van der Waals surface area contributed by atoms with E-state index in [9.17, 15) is 9.90 Å². The first-order chi connectivity index (χ1) is 9.95. The van der Waals surface area contributed by atoms with Crippen molar-refractivity contribution >= 4 is 34.0 Å². The molecule has 2 N–H and O–H groups in total. The van der Waals surface area contributed by atoms with Gasteiger partial charge in [0.15, 0.2) is 0 Å². The molecule has 21 heavy (non-hydrogen) atoms. The van der Waals surface area contributed by atoms with Crippen LogP contribution in [0.3, 0.4) is 0 Å². The number of amides is 1. The molecule has 2 rings (SSSR count). The van der Waals surface area contributed by atoms with E-state index in [2.05, 4.69) is 15.5 Å². The number of carbonyl (C=O) groups excluding carboxylic acids is 1. The molecule has 0 radical (unpaired) electrons. The Balaban J connectivity index is 2.02.